The van der Waals surface area contributed by atoms with Crippen molar-refractivity contribution in [3.8, 4) is 17.3 Å². The zero-order chi connectivity index (χ0) is 19.4. The van der Waals surface area contributed by atoms with Gasteiger partial charge in [0.15, 0.2) is 0 Å². The first kappa shape index (κ1) is 18.2. The number of aromatic nitrogens is 2. The Morgan fingerprint density at radius 1 is 1.15 bits per heavy atom. The lowest BCUT2D eigenvalue weighted by Gasteiger charge is -2.14. The van der Waals surface area contributed by atoms with Gasteiger partial charge < -0.3 is 0 Å². The van der Waals surface area contributed by atoms with Crippen LogP contribution in [-0.4, -0.2) is 15.5 Å². The van der Waals surface area contributed by atoms with Crippen LogP contribution in [0.3, 0.4) is 0 Å². The van der Waals surface area contributed by atoms with Gasteiger partial charge in [0.1, 0.15) is 11.6 Å². The summed E-state index contributed by atoms with van der Waals surface area (Å²) in [4.78, 5) is 29.0. The van der Waals surface area contributed by atoms with Gasteiger partial charge in [-0.25, -0.2) is 4.98 Å². The summed E-state index contributed by atoms with van der Waals surface area (Å²) in [7, 11) is 1.46. The van der Waals surface area contributed by atoms with Crippen LogP contribution in [0.1, 0.15) is 15.9 Å². The van der Waals surface area contributed by atoms with E-state index in [-0.39, 0.29) is 23.1 Å². The lowest BCUT2D eigenvalue weighted by atomic mass is 10.1. The number of anilines is 1. The molecule has 134 valence electrons. The fraction of sp³-hybridized carbons (Fsp3) is 0.0526. The number of benzene rings is 2. The molecular weight excluding hydrogens is 366 g/mol. The summed E-state index contributed by atoms with van der Waals surface area (Å²) in [5.74, 6) is -0.296. The van der Waals surface area contributed by atoms with Crippen LogP contribution in [0, 0.1) is 11.3 Å². The van der Waals surface area contributed by atoms with Crippen LogP contribution in [0.15, 0.2) is 59.4 Å². The molecule has 0 aliphatic rings. The van der Waals surface area contributed by atoms with Crippen molar-refractivity contribution in [2.45, 2.75) is 0 Å². The molecule has 1 amide bonds. The van der Waals surface area contributed by atoms with E-state index in [9.17, 15) is 14.9 Å². The number of nitriles is 1. The van der Waals surface area contributed by atoms with Crippen molar-refractivity contribution in [1.29, 1.82) is 5.26 Å². The second-order valence-corrected chi connectivity index (χ2v) is 6.02. The first-order valence-corrected chi connectivity index (χ1v) is 8.27. The highest BCUT2D eigenvalue weighted by atomic mass is 35.5. The van der Waals surface area contributed by atoms with Gasteiger partial charge in [0.05, 0.1) is 5.69 Å². The summed E-state index contributed by atoms with van der Waals surface area (Å²) >= 11 is 5.89. The second kappa shape index (κ2) is 7.72. The van der Waals surface area contributed by atoms with Crippen molar-refractivity contribution < 1.29 is 4.79 Å². The maximum atomic E-state index is 12.5. The molecule has 0 saturated heterocycles. The Bertz CT molecular complexity index is 1090. The second-order valence-electron chi connectivity index (χ2n) is 5.59. The molecule has 8 heteroatoms. The molecule has 0 unspecified atom stereocenters. The van der Waals surface area contributed by atoms with Gasteiger partial charge in [-0.15, -0.1) is 0 Å². The van der Waals surface area contributed by atoms with Gasteiger partial charge in [-0.2, -0.15) is 5.26 Å². The molecule has 7 nitrogen and oxygen atoms in total. The molecule has 2 aromatic carbocycles. The lowest BCUT2D eigenvalue weighted by molar-refractivity contribution is 0.0962. The van der Waals surface area contributed by atoms with Gasteiger partial charge >= 0.3 is 0 Å². The van der Waals surface area contributed by atoms with Crippen LogP contribution in [0.4, 0.5) is 5.95 Å². The molecule has 3 rings (SSSR count). The molecule has 3 aromatic rings. The fourth-order valence-electron chi connectivity index (χ4n) is 2.41. The zero-order valence-electron chi connectivity index (χ0n) is 14.2. The Balaban J connectivity index is 1.96. The summed E-state index contributed by atoms with van der Waals surface area (Å²) in [6.07, 6.45) is 0. The monoisotopic (exact) mass is 379 g/mol. The average Bonchev–Trinajstić information content (AvgIpc) is 2.70. The van der Waals surface area contributed by atoms with Crippen LogP contribution in [0.2, 0.25) is 5.02 Å². The predicted octanol–water partition coefficient (Wildman–Crippen LogP) is 2.73. The molecule has 1 heterocycles. The van der Waals surface area contributed by atoms with Gasteiger partial charge in [0.2, 0.25) is 5.95 Å². The Morgan fingerprint density at radius 3 is 2.44 bits per heavy atom. The normalized spacial score (nSPS) is 10.1. The van der Waals surface area contributed by atoms with E-state index in [4.69, 9.17) is 11.6 Å². The molecule has 0 atom stereocenters. The predicted molar refractivity (Wildman–Crippen MR) is 102 cm³/mol. The number of hydrazine groups is 1. The number of amides is 1. The van der Waals surface area contributed by atoms with E-state index in [0.29, 0.717) is 16.1 Å². The number of nitrogens with zero attached hydrogens (tertiary/aromatic N) is 3. The largest absolute Gasteiger partial charge is 0.279 e. The molecule has 1 aromatic heterocycles. The maximum Gasteiger partial charge on any atom is 0.273 e. The van der Waals surface area contributed by atoms with E-state index in [1.807, 2.05) is 6.07 Å². The summed E-state index contributed by atoms with van der Waals surface area (Å²) < 4.78 is 1.16. The molecule has 2 N–H and O–H groups in total. The summed E-state index contributed by atoms with van der Waals surface area (Å²) in [6, 6.07) is 17.1. The highest BCUT2D eigenvalue weighted by Gasteiger charge is 2.16. The highest BCUT2D eigenvalue weighted by Crippen LogP contribution is 2.22. The van der Waals surface area contributed by atoms with E-state index in [1.54, 1.807) is 54.6 Å². The number of carbonyl (C=O) groups excluding carboxylic acids is 1. The van der Waals surface area contributed by atoms with E-state index in [0.717, 1.165) is 4.57 Å². The van der Waals surface area contributed by atoms with Crippen molar-refractivity contribution in [2.24, 2.45) is 7.05 Å². The van der Waals surface area contributed by atoms with E-state index >= 15 is 0 Å². The minimum absolute atomic E-state index is 0.0910. The minimum Gasteiger partial charge on any atom is -0.279 e. The van der Waals surface area contributed by atoms with Crippen molar-refractivity contribution in [3.63, 3.8) is 0 Å². The number of carbonyl (C=O) groups is 1. The Hall–Kier alpha value is -3.63. The SMILES string of the molecule is Cn1c(NNC(=O)c2ccccc2)nc(-c2ccc(Cl)cc2)c(C#N)c1=O. The number of hydrogen-bond acceptors (Lipinski definition) is 5. The van der Waals surface area contributed by atoms with E-state index < -0.39 is 5.56 Å². The van der Waals surface area contributed by atoms with Gasteiger partial charge in [0.25, 0.3) is 11.5 Å². The Labute approximate surface area is 159 Å². The molecule has 0 radical (unpaired) electrons. The molecular formula is C19H14ClN5O2. The van der Waals surface area contributed by atoms with Gasteiger partial charge in [-0.05, 0) is 24.3 Å². The minimum atomic E-state index is -0.533. The third kappa shape index (κ3) is 3.81. The number of hydrogen-bond donors (Lipinski definition) is 2. The average molecular weight is 380 g/mol. The van der Waals surface area contributed by atoms with Gasteiger partial charge in [-0.3, -0.25) is 25.0 Å². The van der Waals surface area contributed by atoms with Gasteiger partial charge in [-0.1, -0.05) is 41.9 Å². The maximum absolute atomic E-state index is 12.5. The smallest absolute Gasteiger partial charge is 0.273 e. The summed E-state index contributed by atoms with van der Waals surface area (Å²) in [5, 5.41) is 9.90. The van der Waals surface area contributed by atoms with Gasteiger partial charge in [0, 0.05) is 23.2 Å². The van der Waals surface area contributed by atoms with Crippen molar-refractivity contribution >= 4 is 23.5 Å². The topological polar surface area (TPSA) is 99.8 Å². The highest BCUT2D eigenvalue weighted by molar-refractivity contribution is 6.30. The molecule has 0 aliphatic heterocycles. The van der Waals surface area contributed by atoms with Crippen LogP contribution in [-0.2, 0) is 7.05 Å². The quantitative estimate of drug-likeness (QED) is 0.679. The molecule has 27 heavy (non-hydrogen) atoms. The third-order valence-electron chi connectivity index (χ3n) is 3.84. The van der Waals surface area contributed by atoms with Crippen LogP contribution < -0.4 is 16.4 Å². The molecule has 0 aliphatic carbocycles. The molecule has 0 spiro atoms. The Morgan fingerprint density at radius 2 is 1.81 bits per heavy atom. The van der Waals surface area contributed by atoms with E-state index in [1.165, 1.54) is 7.05 Å². The Kier molecular flexibility index (Phi) is 5.20. The first-order chi connectivity index (χ1) is 13.0. The van der Waals surface area contributed by atoms with Crippen LogP contribution >= 0.6 is 11.6 Å². The molecule has 0 fully saturated rings. The molecule has 0 bridgehead atoms. The summed E-state index contributed by atoms with van der Waals surface area (Å²) in [5.41, 5.74) is 5.71. The summed E-state index contributed by atoms with van der Waals surface area (Å²) in [6.45, 7) is 0. The zero-order valence-corrected chi connectivity index (χ0v) is 15.0. The standard InChI is InChI=1S/C19H14ClN5O2/c1-25-18(27)15(11-21)16(12-7-9-14(20)10-8-12)22-19(25)24-23-17(26)13-5-3-2-4-6-13/h2-10H,1H3,(H,22,24)(H,23,26). The third-order valence-corrected chi connectivity index (χ3v) is 4.10. The fourth-order valence-corrected chi connectivity index (χ4v) is 2.53. The van der Waals surface area contributed by atoms with Crippen molar-refractivity contribution in [2.75, 3.05) is 5.43 Å². The number of halogens is 1. The lowest BCUT2D eigenvalue weighted by Crippen LogP contribution is -2.34. The van der Waals surface area contributed by atoms with Crippen molar-refractivity contribution in [3.05, 3.63) is 81.1 Å². The van der Waals surface area contributed by atoms with E-state index in [2.05, 4.69) is 15.8 Å². The van der Waals surface area contributed by atoms with Crippen LogP contribution in [0.5, 0.6) is 0 Å². The molecule has 0 saturated carbocycles. The number of nitrogens with one attached hydrogen (secondary N) is 2. The van der Waals surface area contributed by atoms with Crippen LogP contribution in [0.25, 0.3) is 11.3 Å². The van der Waals surface area contributed by atoms with Crippen molar-refractivity contribution in [1.82, 2.24) is 15.0 Å². The first-order valence-electron chi connectivity index (χ1n) is 7.89. The number of rotatable bonds is 4.